The minimum absolute atomic E-state index is 0.149. The predicted octanol–water partition coefficient (Wildman–Crippen LogP) is 0.787. The van der Waals surface area contributed by atoms with Gasteiger partial charge in [0.15, 0.2) is 0 Å². The molecule has 2 rings (SSSR count). The summed E-state index contributed by atoms with van der Waals surface area (Å²) in [5, 5.41) is 0. The van der Waals surface area contributed by atoms with Crippen LogP contribution in [-0.4, -0.2) is 79.6 Å². The molecule has 14 nitrogen and oxygen atoms in total. The quantitative estimate of drug-likeness (QED) is 0.228. The van der Waals surface area contributed by atoms with Crippen molar-refractivity contribution >= 4 is 64.2 Å². The van der Waals surface area contributed by atoms with E-state index in [-0.39, 0.29) is 22.5 Å². The SMILES string of the molecule is CN(C)S(=O)(=O)Nc1ccc(C=Cc2ccc(NS(=O)(=O)N(C)C)cc2S(=O)(=O)O)c(S(=O)(=O)O)c1. The van der Waals surface area contributed by atoms with Gasteiger partial charge in [-0.2, -0.15) is 42.3 Å². The fourth-order valence-corrected chi connectivity index (χ4v) is 5.21. The van der Waals surface area contributed by atoms with Gasteiger partial charge in [-0.05, 0) is 35.4 Å². The molecule has 0 amide bonds. The van der Waals surface area contributed by atoms with E-state index in [2.05, 4.69) is 9.44 Å². The van der Waals surface area contributed by atoms with Crippen molar-refractivity contribution in [3.8, 4) is 0 Å². The first-order chi connectivity index (χ1) is 16.2. The van der Waals surface area contributed by atoms with Gasteiger partial charge in [-0.3, -0.25) is 18.5 Å². The van der Waals surface area contributed by atoms with Crippen molar-refractivity contribution in [1.82, 2.24) is 8.61 Å². The first-order valence-corrected chi connectivity index (χ1v) is 15.3. The molecule has 0 bridgehead atoms. The third-order valence-electron chi connectivity index (χ3n) is 4.48. The van der Waals surface area contributed by atoms with Crippen LogP contribution in [0.2, 0.25) is 0 Å². The van der Waals surface area contributed by atoms with Gasteiger partial charge in [-0.1, -0.05) is 24.3 Å². The van der Waals surface area contributed by atoms with Crippen molar-refractivity contribution in [3.63, 3.8) is 0 Å². The fraction of sp³-hybridized carbons (Fsp3) is 0.222. The van der Waals surface area contributed by atoms with E-state index in [0.717, 1.165) is 45.0 Å². The largest absolute Gasteiger partial charge is 0.301 e. The highest BCUT2D eigenvalue weighted by molar-refractivity contribution is 7.90. The Kier molecular flexibility index (Phi) is 8.58. The summed E-state index contributed by atoms with van der Waals surface area (Å²) in [5.41, 5.74) is -0.651. The molecule has 0 atom stereocenters. The van der Waals surface area contributed by atoms with Crippen LogP contribution in [0, 0.1) is 0 Å². The minimum Gasteiger partial charge on any atom is -0.282 e. The van der Waals surface area contributed by atoms with Crippen LogP contribution >= 0.6 is 0 Å². The summed E-state index contributed by atoms with van der Waals surface area (Å²) in [5.74, 6) is 0. The molecule has 0 aliphatic carbocycles. The van der Waals surface area contributed by atoms with Crippen LogP contribution in [0.4, 0.5) is 11.4 Å². The second-order valence-corrected chi connectivity index (χ2v) is 14.1. The van der Waals surface area contributed by atoms with E-state index >= 15 is 0 Å². The van der Waals surface area contributed by atoms with E-state index in [1.165, 1.54) is 40.3 Å². The zero-order chi connectivity index (χ0) is 27.7. The Balaban J connectivity index is 2.57. The number of anilines is 2. The Bertz CT molecular complexity index is 1490. The van der Waals surface area contributed by atoms with Gasteiger partial charge in [0.1, 0.15) is 9.79 Å². The number of nitrogens with zero attached hydrogens (tertiary/aromatic N) is 2. The van der Waals surface area contributed by atoms with Crippen LogP contribution in [0.5, 0.6) is 0 Å². The van der Waals surface area contributed by atoms with Gasteiger partial charge in [0, 0.05) is 28.2 Å². The van der Waals surface area contributed by atoms with Gasteiger partial charge in [0.05, 0.1) is 11.4 Å². The molecular weight excluding hydrogens is 560 g/mol. The summed E-state index contributed by atoms with van der Waals surface area (Å²) in [6.07, 6.45) is 2.20. The number of hydrogen-bond acceptors (Lipinski definition) is 8. The van der Waals surface area contributed by atoms with Crippen LogP contribution in [0.3, 0.4) is 0 Å². The van der Waals surface area contributed by atoms with E-state index < -0.39 is 50.4 Å². The molecule has 4 N–H and O–H groups in total. The third-order valence-corrected chi connectivity index (χ3v) is 9.21. The van der Waals surface area contributed by atoms with Gasteiger partial charge >= 0.3 is 20.4 Å². The highest BCUT2D eigenvalue weighted by Gasteiger charge is 2.20. The molecule has 0 aliphatic rings. The number of benzene rings is 2. The second-order valence-electron chi connectivity index (χ2n) is 7.57. The summed E-state index contributed by atoms with van der Waals surface area (Å²) in [7, 11) is -12.7. The van der Waals surface area contributed by atoms with Crippen molar-refractivity contribution in [1.29, 1.82) is 0 Å². The maximum absolute atomic E-state index is 12.0. The number of rotatable bonds is 10. The third kappa shape index (κ3) is 7.46. The normalized spacial score (nSPS) is 13.4. The molecule has 2 aromatic carbocycles. The lowest BCUT2D eigenvalue weighted by Gasteiger charge is -2.15. The molecule has 200 valence electrons. The lowest BCUT2D eigenvalue weighted by atomic mass is 10.1. The number of nitrogens with one attached hydrogen (secondary N) is 2. The lowest BCUT2D eigenvalue weighted by Crippen LogP contribution is -2.29. The lowest BCUT2D eigenvalue weighted by molar-refractivity contribution is 0.480. The zero-order valence-corrected chi connectivity index (χ0v) is 22.6. The maximum Gasteiger partial charge on any atom is 0.301 e. The molecule has 18 heteroatoms. The Morgan fingerprint density at radius 2 is 0.917 bits per heavy atom. The van der Waals surface area contributed by atoms with Gasteiger partial charge in [-0.15, -0.1) is 0 Å². The summed E-state index contributed by atoms with van der Waals surface area (Å²) in [4.78, 5) is -1.39. The zero-order valence-electron chi connectivity index (χ0n) is 19.3. The van der Waals surface area contributed by atoms with Crippen molar-refractivity contribution in [2.75, 3.05) is 37.6 Å². The highest BCUT2D eigenvalue weighted by atomic mass is 32.2. The van der Waals surface area contributed by atoms with Crippen molar-refractivity contribution in [2.45, 2.75) is 9.79 Å². The van der Waals surface area contributed by atoms with E-state index in [0.29, 0.717) is 0 Å². The number of hydrogen-bond donors (Lipinski definition) is 4. The van der Waals surface area contributed by atoms with Crippen molar-refractivity contribution in [3.05, 3.63) is 47.5 Å². The van der Waals surface area contributed by atoms with Crippen LogP contribution in [0.25, 0.3) is 12.2 Å². The average Bonchev–Trinajstić information content (AvgIpc) is 2.71. The van der Waals surface area contributed by atoms with E-state index in [1.54, 1.807) is 0 Å². The molecule has 0 fully saturated rings. The molecule has 0 aliphatic heterocycles. The molecule has 0 saturated carbocycles. The van der Waals surface area contributed by atoms with Crippen LogP contribution < -0.4 is 9.44 Å². The van der Waals surface area contributed by atoms with Crippen molar-refractivity contribution < 1.29 is 42.8 Å². The average molecular weight is 585 g/mol. The summed E-state index contributed by atoms with van der Waals surface area (Å²) >= 11 is 0. The molecule has 0 aromatic heterocycles. The van der Waals surface area contributed by atoms with Crippen LogP contribution in [-0.2, 0) is 40.7 Å². The first kappa shape index (κ1) is 29.6. The second kappa shape index (κ2) is 10.4. The van der Waals surface area contributed by atoms with E-state index in [1.807, 2.05) is 0 Å². The standard InChI is InChI=1S/C18H24N4O10S4/c1-21(2)35(29,30)19-15-9-7-13(17(11-15)33(23,24)25)5-6-14-8-10-16(12-18(14)34(26,27)28)20-36(31,32)22(3)4/h5-12,19-20H,1-4H3,(H,23,24,25)(H,26,27,28). The molecule has 0 radical (unpaired) electrons. The fourth-order valence-electron chi connectivity index (χ4n) is 2.58. The van der Waals surface area contributed by atoms with Gasteiger partial charge in [0.2, 0.25) is 0 Å². The molecule has 2 aromatic rings. The minimum atomic E-state index is -4.86. The topological polar surface area (TPSA) is 208 Å². The Labute approximate surface area is 210 Å². The van der Waals surface area contributed by atoms with E-state index in [9.17, 15) is 42.8 Å². The molecular formula is C18H24N4O10S4. The molecule has 36 heavy (non-hydrogen) atoms. The maximum atomic E-state index is 12.0. The predicted molar refractivity (Wildman–Crippen MR) is 134 cm³/mol. The Hall–Kier alpha value is -2.58. The van der Waals surface area contributed by atoms with Crippen molar-refractivity contribution in [2.24, 2.45) is 0 Å². The van der Waals surface area contributed by atoms with Gasteiger partial charge in [0.25, 0.3) is 20.2 Å². The molecule has 0 unspecified atom stereocenters. The van der Waals surface area contributed by atoms with Gasteiger partial charge in [-0.25, -0.2) is 0 Å². The summed E-state index contributed by atoms with van der Waals surface area (Å²) in [6, 6.07) is 6.44. The van der Waals surface area contributed by atoms with Crippen LogP contribution in [0.1, 0.15) is 11.1 Å². The first-order valence-electron chi connectivity index (χ1n) is 9.56. The van der Waals surface area contributed by atoms with E-state index in [4.69, 9.17) is 0 Å². The molecule has 0 spiro atoms. The highest BCUT2D eigenvalue weighted by Crippen LogP contribution is 2.27. The molecule has 0 saturated heterocycles. The Morgan fingerprint density at radius 1 is 0.611 bits per heavy atom. The Morgan fingerprint density at radius 3 is 1.17 bits per heavy atom. The summed E-state index contributed by atoms with van der Waals surface area (Å²) in [6.45, 7) is 0. The van der Waals surface area contributed by atoms with Gasteiger partial charge < -0.3 is 0 Å². The van der Waals surface area contributed by atoms with Crippen LogP contribution in [0.15, 0.2) is 46.2 Å². The smallest absolute Gasteiger partial charge is 0.282 e. The summed E-state index contributed by atoms with van der Waals surface area (Å²) < 4.78 is 121. The molecule has 0 heterocycles. The monoisotopic (exact) mass is 584 g/mol.